The van der Waals surface area contributed by atoms with Crippen LogP contribution in [0.15, 0.2) is 24.5 Å². The Morgan fingerprint density at radius 1 is 1.21 bits per heavy atom. The number of hydrogen-bond acceptors (Lipinski definition) is 7. The number of hydrogen-bond donors (Lipinski definition) is 1. The maximum Gasteiger partial charge on any atom is 0.222 e. The molecule has 9 heteroatoms. The molecule has 3 aliphatic heterocycles. The lowest BCUT2D eigenvalue weighted by atomic mass is 9.88. The minimum Gasteiger partial charge on any atom is -0.482 e. The van der Waals surface area contributed by atoms with Crippen molar-refractivity contribution in [3.63, 3.8) is 0 Å². The van der Waals surface area contributed by atoms with Crippen LogP contribution < -0.4 is 10.1 Å². The highest BCUT2D eigenvalue weighted by atomic mass is 16.6. The standard InChI is InChI=1S/C25H28N4O5/c1-15(30)27-22-8-17-18(11-29(3)20(17)10-26-22)19-9-21(34-24(2)12-32-13-24)16-4-6-33-25(23(16)28-19)5-7-31-14-25/h8-11H,4-7,12-14H2,1-3H3,(H,26,27,30). The van der Waals surface area contributed by atoms with E-state index in [9.17, 15) is 4.79 Å². The van der Waals surface area contributed by atoms with Gasteiger partial charge in [0.15, 0.2) is 5.60 Å². The van der Waals surface area contributed by atoms with Crippen molar-refractivity contribution in [3.05, 3.63) is 35.8 Å². The first kappa shape index (κ1) is 21.5. The molecule has 2 saturated heterocycles. The molecule has 2 fully saturated rings. The molecule has 3 aromatic rings. The summed E-state index contributed by atoms with van der Waals surface area (Å²) in [5, 5.41) is 3.73. The topological polar surface area (TPSA) is 96.7 Å². The van der Waals surface area contributed by atoms with Crippen molar-refractivity contribution in [3.8, 4) is 17.0 Å². The first-order valence-corrected chi connectivity index (χ1v) is 11.6. The van der Waals surface area contributed by atoms with Crippen LogP contribution in [-0.4, -0.2) is 59.1 Å². The van der Waals surface area contributed by atoms with Crippen LogP contribution in [0.5, 0.6) is 5.75 Å². The van der Waals surface area contributed by atoms with Gasteiger partial charge < -0.3 is 28.8 Å². The Morgan fingerprint density at radius 3 is 2.76 bits per heavy atom. The molecule has 6 heterocycles. The maximum atomic E-state index is 11.6. The molecule has 0 saturated carbocycles. The molecule has 9 nitrogen and oxygen atoms in total. The van der Waals surface area contributed by atoms with Crippen molar-refractivity contribution in [2.45, 2.75) is 37.9 Å². The van der Waals surface area contributed by atoms with E-state index in [2.05, 4.69) is 17.2 Å². The molecule has 1 atom stereocenters. The summed E-state index contributed by atoms with van der Waals surface area (Å²) < 4.78 is 26.1. The second-order valence-electron chi connectivity index (χ2n) is 9.69. The van der Waals surface area contributed by atoms with E-state index < -0.39 is 5.60 Å². The average Bonchev–Trinajstić information content (AvgIpc) is 3.38. The molecule has 3 aromatic heterocycles. The van der Waals surface area contributed by atoms with Crippen molar-refractivity contribution in [1.82, 2.24) is 14.5 Å². The molecule has 0 bridgehead atoms. The Morgan fingerprint density at radius 2 is 2.06 bits per heavy atom. The van der Waals surface area contributed by atoms with Gasteiger partial charge in [0.1, 0.15) is 17.2 Å². The third-order valence-electron chi connectivity index (χ3n) is 6.86. The molecule has 0 radical (unpaired) electrons. The molecule has 0 aliphatic carbocycles. The van der Waals surface area contributed by atoms with E-state index in [0.717, 1.165) is 52.0 Å². The molecule has 1 spiro atoms. The van der Waals surface area contributed by atoms with Gasteiger partial charge >= 0.3 is 0 Å². The number of nitrogens with one attached hydrogen (secondary N) is 1. The van der Waals surface area contributed by atoms with Crippen molar-refractivity contribution in [2.75, 3.05) is 38.4 Å². The quantitative estimate of drug-likeness (QED) is 0.634. The van der Waals surface area contributed by atoms with Gasteiger partial charge in [-0.1, -0.05) is 0 Å². The smallest absolute Gasteiger partial charge is 0.222 e. The highest BCUT2D eigenvalue weighted by molar-refractivity contribution is 5.98. The van der Waals surface area contributed by atoms with Gasteiger partial charge in [0.2, 0.25) is 5.91 Å². The fraction of sp³-hybridized carbons (Fsp3) is 0.480. The first-order chi connectivity index (χ1) is 16.4. The zero-order chi connectivity index (χ0) is 23.5. The van der Waals surface area contributed by atoms with E-state index in [-0.39, 0.29) is 11.5 Å². The summed E-state index contributed by atoms with van der Waals surface area (Å²) >= 11 is 0. The van der Waals surface area contributed by atoms with Gasteiger partial charge in [-0.15, -0.1) is 0 Å². The number of carbonyl (C=O) groups excluding carboxylic acids is 1. The zero-order valence-corrected chi connectivity index (χ0v) is 19.6. The van der Waals surface area contributed by atoms with E-state index in [0.29, 0.717) is 38.9 Å². The molecular formula is C25H28N4O5. The van der Waals surface area contributed by atoms with Gasteiger partial charge in [0.05, 0.1) is 49.5 Å². The highest BCUT2D eigenvalue weighted by Crippen LogP contribution is 2.45. The van der Waals surface area contributed by atoms with Gasteiger partial charge in [-0.05, 0) is 13.0 Å². The van der Waals surface area contributed by atoms with E-state index in [4.69, 9.17) is 23.9 Å². The minimum absolute atomic E-state index is 0.164. The number of fused-ring (bicyclic) bond motifs is 3. The van der Waals surface area contributed by atoms with Crippen LogP contribution in [0.4, 0.5) is 5.82 Å². The Hall–Kier alpha value is -3.01. The number of aromatic nitrogens is 3. The lowest BCUT2D eigenvalue weighted by Gasteiger charge is -2.40. The Kier molecular flexibility index (Phi) is 4.91. The van der Waals surface area contributed by atoms with Crippen LogP contribution in [0.2, 0.25) is 0 Å². The van der Waals surface area contributed by atoms with Crippen LogP contribution >= 0.6 is 0 Å². The van der Waals surface area contributed by atoms with Gasteiger partial charge in [0, 0.05) is 62.2 Å². The molecular weight excluding hydrogens is 436 g/mol. The summed E-state index contributed by atoms with van der Waals surface area (Å²) in [6, 6.07) is 3.92. The monoisotopic (exact) mass is 464 g/mol. The maximum absolute atomic E-state index is 11.6. The molecule has 1 amide bonds. The number of aryl methyl sites for hydroxylation is 1. The third kappa shape index (κ3) is 3.46. The van der Waals surface area contributed by atoms with Gasteiger partial charge in [-0.3, -0.25) is 4.79 Å². The number of amides is 1. The number of carbonyl (C=O) groups is 1. The average molecular weight is 465 g/mol. The second-order valence-corrected chi connectivity index (χ2v) is 9.69. The number of pyridine rings is 2. The Balaban J connectivity index is 1.54. The second kappa shape index (κ2) is 7.76. The summed E-state index contributed by atoms with van der Waals surface area (Å²) in [5.74, 6) is 1.17. The van der Waals surface area contributed by atoms with Crippen LogP contribution in [0, 0.1) is 0 Å². The van der Waals surface area contributed by atoms with E-state index in [1.54, 1.807) is 6.20 Å². The zero-order valence-electron chi connectivity index (χ0n) is 19.6. The summed E-state index contributed by atoms with van der Waals surface area (Å²) in [6.07, 6.45) is 5.31. The van der Waals surface area contributed by atoms with Crippen LogP contribution in [-0.2, 0) is 38.1 Å². The summed E-state index contributed by atoms with van der Waals surface area (Å²) in [7, 11) is 1.98. The van der Waals surface area contributed by atoms with Gasteiger partial charge in [-0.25, -0.2) is 9.97 Å². The molecule has 6 rings (SSSR count). The van der Waals surface area contributed by atoms with E-state index in [1.165, 1.54) is 6.92 Å². The molecule has 34 heavy (non-hydrogen) atoms. The predicted octanol–water partition coefficient (Wildman–Crippen LogP) is 2.95. The fourth-order valence-electron chi connectivity index (χ4n) is 5.10. The summed E-state index contributed by atoms with van der Waals surface area (Å²) in [5.41, 5.74) is 3.77. The van der Waals surface area contributed by atoms with Crippen LogP contribution in [0.25, 0.3) is 22.2 Å². The van der Waals surface area contributed by atoms with Crippen LogP contribution in [0.1, 0.15) is 31.5 Å². The van der Waals surface area contributed by atoms with E-state index in [1.807, 2.05) is 29.9 Å². The van der Waals surface area contributed by atoms with Crippen molar-refractivity contribution in [2.24, 2.45) is 7.05 Å². The third-order valence-corrected chi connectivity index (χ3v) is 6.86. The molecule has 3 aliphatic rings. The summed E-state index contributed by atoms with van der Waals surface area (Å²) in [6.45, 7) is 6.41. The number of nitrogens with zero attached hydrogens (tertiary/aromatic N) is 3. The van der Waals surface area contributed by atoms with E-state index >= 15 is 0 Å². The first-order valence-electron chi connectivity index (χ1n) is 11.6. The lowest BCUT2D eigenvalue weighted by molar-refractivity contribution is -0.150. The number of anilines is 1. The van der Waals surface area contributed by atoms with Crippen molar-refractivity contribution in [1.29, 1.82) is 0 Å². The lowest BCUT2D eigenvalue weighted by Crippen LogP contribution is -2.52. The Bertz CT molecular complexity index is 1290. The minimum atomic E-state index is -0.549. The number of ether oxygens (including phenoxy) is 4. The fourth-order valence-corrected chi connectivity index (χ4v) is 5.10. The van der Waals surface area contributed by atoms with Crippen molar-refractivity contribution < 1.29 is 23.7 Å². The number of rotatable bonds is 4. The highest BCUT2D eigenvalue weighted by Gasteiger charge is 2.45. The normalized spacial score (nSPS) is 23.0. The molecule has 1 unspecified atom stereocenters. The van der Waals surface area contributed by atoms with Crippen molar-refractivity contribution >= 4 is 22.6 Å². The molecule has 1 N–H and O–H groups in total. The Labute approximate surface area is 197 Å². The summed E-state index contributed by atoms with van der Waals surface area (Å²) in [4.78, 5) is 21.2. The van der Waals surface area contributed by atoms with Gasteiger partial charge in [-0.2, -0.15) is 0 Å². The SMILES string of the molecule is CC(=O)Nc1cc2c(-c3cc(OC4(C)COC4)c4c(n3)C3(CCOC3)OCC4)cn(C)c2cn1. The largest absolute Gasteiger partial charge is 0.482 e. The predicted molar refractivity (Wildman–Crippen MR) is 125 cm³/mol. The van der Waals surface area contributed by atoms with Crippen LogP contribution in [0.3, 0.4) is 0 Å². The van der Waals surface area contributed by atoms with Gasteiger partial charge in [0.25, 0.3) is 0 Å². The molecule has 0 aromatic carbocycles. The molecule has 178 valence electrons.